The van der Waals surface area contributed by atoms with Crippen LogP contribution < -0.4 is 0 Å². The Morgan fingerprint density at radius 2 is 2.07 bits per heavy atom. The molecule has 4 nitrogen and oxygen atoms in total. The molecule has 0 fully saturated rings. The number of aromatic nitrogens is 2. The van der Waals surface area contributed by atoms with Gasteiger partial charge in [-0.3, -0.25) is 4.68 Å². The van der Waals surface area contributed by atoms with Crippen molar-refractivity contribution in [3.05, 3.63) is 18.0 Å². The first kappa shape index (κ1) is 12.2. The Morgan fingerprint density at radius 1 is 1.47 bits per heavy atom. The quantitative estimate of drug-likeness (QED) is 0.761. The molecule has 1 rings (SSSR count). The summed E-state index contributed by atoms with van der Waals surface area (Å²) in [5.74, 6) is 0. The third kappa shape index (κ3) is 2.79. The number of nitrogens with zero attached hydrogens (tertiary/aromatic N) is 2. The molecule has 0 bridgehead atoms. The summed E-state index contributed by atoms with van der Waals surface area (Å²) in [4.78, 5) is 0. The SMILES string of the molecule is CCC(O)(CC)C(O)Cc1ccn(C)n1. The molecule has 0 amide bonds. The molecule has 0 saturated heterocycles. The molecule has 0 saturated carbocycles. The molecule has 1 atom stereocenters. The molecule has 4 heteroatoms. The molecular weight excluding hydrogens is 192 g/mol. The summed E-state index contributed by atoms with van der Waals surface area (Å²) in [6.45, 7) is 3.76. The van der Waals surface area contributed by atoms with Crippen LogP contribution in [0.25, 0.3) is 0 Å². The Hall–Kier alpha value is -0.870. The van der Waals surface area contributed by atoms with Gasteiger partial charge < -0.3 is 10.2 Å². The van der Waals surface area contributed by atoms with Crippen molar-refractivity contribution in [1.82, 2.24) is 9.78 Å². The maximum absolute atomic E-state index is 10.1. The van der Waals surface area contributed by atoms with Crippen molar-refractivity contribution in [3.63, 3.8) is 0 Å². The minimum atomic E-state index is -0.989. The van der Waals surface area contributed by atoms with E-state index in [-0.39, 0.29) is 0 Å². The van der Waals surface area contributed by atoms with Gasteiger partial charge in [0.05, 0.1) is 17.4 Å². The second-order valence-corrected chi connectivity index (χ2v) is 4.01. The topological polar surface area (TPSA) is 58.3 Å². The molecule has 0 spiro atoms. The second-order valence-electron chi connectivity index (χ2n) is 4.01. The minimum absolute atomic E-state index is 0.402. The third-order valence-corrected chi connectivity index (χ3v) is 3.02. The molecule has 1 aromatic rings. The van der Waals surface area contributed by atoms with E-state index in [0.717, 1.165) is 5.69 Å². The van der Waals surface area contributed by atoms with Gasteiger partial charge in [0.1, 0.15) is 0 Å². The lowest BCUT2D eigenvalue weighted by Crippen LogP contribution is -2.42. The zero-order chi connectivity index (χ0) is 11.5. The summed E-state index contributed by atoms with van der Waals surface area (Å²) < 4.78 is 1.69. The second kappa shape index (κ2) is 4.77. The van der Waals surface area contributed by atoms with Gasteiger partial charge in [-0.25, -0.2) is 0 Å². The molecule has 1 heterocycles. The largest absolute Gasteiger partial charge is 0.390 e. The van der Waals surface area contributed by atoms with Gasteiger partial charge in [0, 0.05) is 19.7 Å². The lowest BCUT2D eigenvalue weighted by Gasteiger charge is -2.30. The van der Waals surface area contributed by atoms with E-state index < -0.39 is 11.7 Å². The Balaban J connectivity index is 2.65. The van der Waals surface area contributed by atoms with Crippen LogP contribution in [0.15, 0.2) is 12.3 Å². The molecule has 0 aromatic carbocycles. The lowest BCUT2D eigenvalue weighted by molar-refractivity contribution is -0.0794. The first-order valence-corrected chi connectivity index (χ1v) is 5.40. The van der Waals surface area contributed by atoms with Gasteiger partial charge in [-0.05, 0) is 18.9 Å². The fourth-order valence-electron chi connectivity index (χ4n) is 1.68. The van der Waals surface area contributed by atoms with Crippen LogP contribution in [0.4, 0.5) is 0 Å². The average molecular weight is 212 g/mol. The minimum Gasteiger partial charge on any atom is -0.390 e. The van der Waals surface area contributed by atoms with E-state index in [1.807, 2.05) is 33.2 Å². The highest BCUT2D eigenvalue weighted by Gasteiger charge is 2.32. The Labute approximate surface area is 90.5 Å². The van der Waals surface area contributed by atoms with E-state index in [1.54, 1.807) is 4.68 Å². The zero-order valence-electron chi connectivity index (χ0n) is 9.64. The lowest BCUT2D eigenvalue weighted by atomic mass is 9.88. The van der Waals surface area contributed by atoms with Crippen LogP contribution in [0.3, 0.4) is 0 Å². The van der Waals surface area contributed by atoms with Crippen LogP contribution in [0.1, 0.15) is 32.4 Å². The van der Waals surface area contributed by atoms with Crippen LogP contribution in [-0.2, 0) is 13.5 Å². The Bertz CT molecular complexity index is 305. The third-order valence-electron chi connectivity index (χ3n) is 3.02. The summed E-state index contributed by atoms with van der Waals surface area (Å²) in [5, 5.41) is 24.2. The van der Waals surface area contributed by atoms with Crippen molar-refractivity contribution < 1.29 is 10.2 Å². The summed E-state index contributed by atoms with van der Waals surface area (Å²) >= 11 is 0. The van der Waals surface area contributed by atoms with Gasteiger partial charge in [0.25, 0.3) is 0 Å². The highest BCUT2D eigenvalue weighted by Crippen LogP contribution is 2.21. The molecule has 2 N–H and O–H groups in total. The van der Waals surface area contributed by atoms with Crippen LogP contribution in [0.2, 0.25) is 0 Å². The van der Waals surface area contributed by atoms with Crippen LogP contribution in [0.5, 0.6) is 0 Å². The normalized spacial score (nSPS) is 14.2. The summed E-state index contributed by atoms with van der Waals surface area (Å²) in [5.41, 5.74) is -0.178. The van der Waals surface area contributed by atoms with E-state index in [2.05, 4.69) is 5.10 Å². The molecule has 0 aliphatic rings. The van der Waals surface area contributed by atoms with Crippen molar-refractivity contribution in [2.24, 2.45) is 7.05 Å². The van der Waals surface area contributed by atoms with E-state index in [1.165, 1.54) is 0 Å². The van der Waals surface area contributed by atoms with E-state index >= 15 is 0 Å². The standard InChI is InChI=1S/C11H20N2O2/c1-4-11(15,5-2)10(14)8-9-6-7-13(3)12-9/h6-7,10,14-15H,4-5,8H2,1-3H3. The predicted molar refractivity (Wildman–Crippen MR) is 58.5 cm³/mol. The van der Waals surface area contributed by atoms with Gasteiger partial charge in [-0.2, -0.15) is 5.10 Å². The molecule has 15 heavy (non-hydrogen) atoms. The average Bonchev–Trinajstić information content (AvgIpc) is 2.62. The van der Waals surface area contributed by atoms with Crippen molar-refractivity contribution in [1.29, 1.82) is 0 Å². The van der Waals surface area contributed by atoms with Crippen molar-refractivity contribution in [3.8, 4) is 0 Å². The monoisotopic (exact) mass is 212 g/mol. The maximum Gasteiger partial charge on any atom is 0.0904 e. The fourth-order valence-corrected chi connectivity index (χ4v) is 1.68. The number of hydrogen-bond donors (Lipinski definition) is 2. The van der Waals surface area contributed by atoms with E-state index in [9.17, 15) is 10.2 Å². The van der Waals surface area contributed by atoms with Crippen molar-refractivity contribution >= 4 is 0 Å². The molecule has 1 unspecified atom stereocenters. The summed E-state index contributed by atoms with van der Waals surface area (Å²) in [6.07, 6.45) is 2.59. The molecule has 86 valence electrons. The Morgan fingerprint density at radius 3 is 2.47 bits per heavy atom. The smallest absolute Gasteiger partial charge is 0.0904 e. The number of aliphatic hydroxyl groups excluding tert-OH is 1. The van der Waals surface area contributed by atoms with Crippen LogP contribution in [-0.4, -0.2) is 31.7 Å². The van der Waals surface area contributed by atoms with Gasteiger partial charge in [0.2, 0.25) is 0 Å². The molecule has 1 aromatic heterocycles. The fraction of sp³-hybridized carbons (Fsp3) is 0.727. The molecule has 0 aliphatic carbocycles. The summed E-state index contributed by atoms with van der Waals surface area (Å²) in [6, 6.07) is 1.86. The van der Waals surface area contributed by atoms with Gasteiger partial charge in [0.15, 0.2) is 0 Å². The van der Waals surface area contributed by atoms with Gasteiger partial charge >= 0.3 is 0 Å². The van der Waals surface area contributed by atoms with Crippen molar-refractivity contribution in [2.75, 3.05) is 0 Å². The molecule has 0 radical (unpaired) electrons. The van der Waals surface area contributed by atoms with Crippen LogP contribution in [0, 0.1) is 0 Å². The van der Waals surface area contributed by atoms with Crippen molar-refractivity contribution in [2.45, 2.75) is 44.8 Å². The zero-order valence-corrected chi connectivity index (χ0v) is 9.64. The first-order valence-electron chi connectivity index (χ1n) is 5.40. The molecule has 0 aliphatic heterocycles. The van der Waals surface area contributed by atoms with Gasteiger partial charge in [-0.15, -0.1) is 0 Å². The predicted octanol–water partition coefficient (Wildman–Crippen LogP) is 0.875. The number of hydrogen-bond acceptors (Lipinski definition) is 3. The highest BCUT2D eigenvalue weighted by atomic mass is 16.3. The van der Waals surface area contributed by atoms with Gasteiger partial charge in [-0.1, -0.05) is 13.8 Å². The highest BCUT2D eigenvalue weighted by molar-refractivity contribution is 5.03. The summed E-state index contributed by atoms with van der Waals surface area (Å²) in [7, 11) is 1.84. The van der Waals surface area contributed by atoms with Crippen LogP contribution >= 0.6 is 0 Å². The van der Waals surface area contributed by atoms with E-state index in [0.29, 0.717) is 19.3 Å². The number of aliphatic hydroxyl groups is 2. The number of aryl methyl sites for hydroxylation is 1. The Kier molecular flexibility index (Phi) is 3.88. The maximum atomic E-state index is 10.1. The first-order chi connectivity index (χ1) is 7.01. The molecular formula is C11H20N2O2. The van der Waals surface area contributed by atoms with E-state index in [4.69, 9.17) is 0 Å². The number of rotatable bonds is 5.